The summed E-state index contributed by atoms with van der Waals surface area (Å²) in [6, 6.07) is 0.452. The van der Waals surface area contributed by atoms with Crippen LogP contribution < -0.4 is 5.32 Å². The summed E-state index contributed by atoms with van der Waals surface area (Å²) in [4.78, 5) is 0. The molecule has 3 nitrogen and oxygen atoms in total. The molecule has 1 saturated carbocycles. The number of aryl methyl sites for hydroxylation is 1. The normalized spacial score (nSPS) is 24.3. The lowest BCUT2D eigenvalue weighted by Gasteiger charge is -2.33. The Balaban J connectivity index is 2.17. The zero-order valence-electron chi connectivity index (χ0n) is 12.2. The molecule has 0 bridgehead atoms. The lowest BCUT2D eigenvalue weighted by molar-refractivity contribution is 0.203. The first-order valence-corrected chi connectivity index (χ1v) is 7.28. The molecule has 0 aromatic carbocycles. The summed E-state index contributed by atoms with van der Waals surface area (Å²) in [6.07, 6.45) is 9.44. The summed E-state index contributed by atoms with van der Waals surface area (Å²) in [5.41, 5.74) is 1.80. The van der Waals surface area contributed by atoms with E-state index in [0.29, 0.717) is 11.5 Å². The highest BCUT2D eigenvalue weighted by molar-refractivity contribution is 5.14. The van der Waals surface area contributed by atoms with Gasteiger partial charge in [0.15, 0.2) is 0 Å². The predicted molar refractivity (Wildman–Crippen MR) is 75.4 cm³/mol. The SMILES string of the molecule is CCCn1cc(C(NC)C2CCCC2(C)C)cn1. The zero-order valence-corrected chi connectivity index (χ0v) is 12.2. The summed E-state index contributed by atoms with van der Waals surface area (Å²) in [5, 5.41) is 7.99. The van der Waals surface area contributed by atoms with Crippen LogP contribution in [0.4, 0.5) is 0 Å². The summed E-state index contributed by atoms with van der Waals surface area (Å²) in [5.74, 6) is 0.724. The van der Waals surface area contributed by atoms with Crippen LogP contribution in [0.15, 0.2) is 12.4 Å². The van der Waals surface area contributed by atoms with Crippen LogP contribution >= 0.6 is 0 Å². The largest absolute Gasteiger partial charge is 0.313 e. The summed E-state index contributed by atoms with van der Waals surface area (Å²) < 4.78 is 2.07. The van der Waals surface area contributed by atoms with Crippen molar-refractivity contribution in [1.82, 2.24) is 15.1 Å². The van der Waals surface area contributed by atoms with Gasteiger partial charge in [-0.25, -0.2) is 0 Å². The highest BCUT2D eigenvalue weighted by Crippen LogP contribution is 2.48. The third-order valence-electron chi connectivity index (χ3n) is 4.52. The van der Waals surface area contributed by atoms with Gasteiger partial charge in [0, 0.05) is 24.3 Å². The smallest absolute Gasteiger partial charge is 0.0537 e. The molecule has 2 rings (SSSR count). The Morgan fingerprint density at radius 3 is 2.89 bits per heavy atom. The van der Waals surface area contributed by atoms with Gasteiger partial charge in [0.05, 0.1) is 6.20 Å². The van der Waals surface area contributed by atoms with Gasteiger partial charge >= 0.3 is 0 Å². The van der Waals surface area contributed by atoms with Crippen LogP contribution in [0.3, 0.4) is 0 Å². The first-order chi connectivity index (χ1) is 8.58. The fourth-order valence-corrected chi connectivity index (χ4v) is 3.46. The van der Waals surface area contributed by atoms with Gasteiger partial charge in [0.25, 0.3) is 0 Å². The summed E-state index contributed by atoms with van der Waals surface area (Å²) in [7, 11) is 2.08. The number of nitrogens with one attached hydrogen (secondary N) is 1. The van der Waals surface area contributed by atoms with Crippen molar-refractivity contribution >= 4 is 0 Å². The van der Waals surface area contributed by atoms with Crippen molar-refractivity contribution in [2.75, 3.05) is 7.05 Å². The molecule has 18 heavy (non-hydrogen) atoms. The highest BCUT2D eigenvalue weighted by Gasteiger charge is 2.39. The standard InChI is InChI=1S/C15H27N3/c1-5-9-18-11-12(10-17-18)14(16-4)13-7-6-8-15(13,2)3/h10-11,13-14,16H,5-9H2,1-4H3. The molecule has 102 valence electrons. The lowest BCUT2D eigenvalue weighted by atomic mass is 9.76. The minimum Gasteiger partial charge on any atom is -0.313 e. The molecule has 2 unspecified atom stereocenters. The van der Waals surface area contributed by atoms with Crippen LogP contribution in [-0.4, -0.2) is 16.8 Å². The molecule has 0 saturated heterocycles. The Labute approximate surface area is 111 Å². The average Bonchev–Trinajstić information content (AvgIpc) is 2.89. The van der Waals surface area contributed by atoms with Gasteiger partial charge in [-0.2, -0.15) is 5.10 Å². The molecule has 1 aliphatic carbocycles. The second kappa shape index (κ2) is 5.43. The van der Waals surface area contributed by atoms with E-state index in [4.69, 9.17) is 0 Å². The van der Waals surface area contributed by atoms with Crippen LogP contribution in [0.1, 0.15) is 58.1 Å². The van der Waals surface area contributed by atoms with E-state index in [1.807, 2.05) is 6.20 Å². The number of hydrogen-bond acceptors (Lipinski definition) is 2. The molecular formula is C15H27N3. The van der Waals surface area contributed by atoms with E-state index < -0.39 is 0 Å². The molecule has 3 heteroatoms. The maximum absolute atomic E-state index is 4.47. The molecule has 1 aromatic rings. The number of rotatable bonds is 5. The van der Waals surface area contributed by atoms with E-state index in [2.05, 4.69) is 49.1 Å². The summed E-state index contributed by atoms with van der Waals surface area (Å²) >= 11 is 0. The number of nitrogens with zero attached hydrogens (tertiary/aromatic N) is 2. The molecule has 2 atom stereocenters. The van der Waals surface area contributed by atoms with Crippen molar-refractivity contribution in [1.29, 1.82) is 0 Å². The molecule has 1 fully saturated rings. The second-order valence-corrected chi connectivity index (χ2v) is 6.29. The molecule has 1 aliphatic rings. The molecule has 1 N–H and O–H groups in total. The minimum atomic E-state index is 0.445. The van der Waals surface area contributed by atoms with Crippen molar-refractivity contribution in [2.45, 2.75) is 59.0 Å². The van der Waals surface area contributed by atoms with Crippen molar-refractivity contribution in [3.63, 3.8) is 0 Å². The van der Waals surface area contributed by atoms with Crippen molar-refractivity contribution in [3.05, 3.63) is 18.0 Å². The predicted octanol–water partition coefficient (Wildman–Crippen LogP) is 3.38. The Kier molecular flexibility index (Phi) is 4.10. The van der Waals surface area contributed by atoms with Gasteiger partial charge in [0.2, 0.25) is 0 Å². The van der Waals surface area contributed by atoms with E-state index in [9.17, 15) is 0 Å². The third kappa shape index (κ3) is 2.61. The Morgan fingerprint density at radius 2 is 2.33 bits per heavy atom. The van der Waals surface area contributed by atoms with Crippen molar-refractivity contribution < 1.29 is 0 Å². The molecule has 0 amide bonds. The fourth-order valence-electron chi connectivity index (χ4n) is 3.46. The molecule has 0 spiro atoms. The molecule has 1 heterocycles. The molecule has 0 aliphatic heterocycles. The third-order valence-corrected chi connectivity index (χ3v) is 4.52. The van der Waals surface area contributed by atoms with Gasteiger partial charge in [-0.05, 0) is 37.6 Å². The van der Waals surface area contributed by atoms with Crippen molar-refractivity contribution in [3.8, 4) is 0 Å². The Bertz CT molecular complexity index is 381. The topological polar surface area (TPSA) is 29.9 Å². The maximum atomic E-state index is 4.47. The zero-order chi connectivity index (χ0) is 13.2. The van der Waals surface area contributed by atoms with Crippen LogP contribution in [0.25, 0.3) is 0 Å². The van der Waals surface area contributed by atoms with E-state index in [0.717, 1.165) is 18.9 Å². The second-order valence-electron chi connectivity index (χ2n) is 6.29. The first-order valence-electron chi connectivity index (χ1n) is 7.28. The monoisotopic (exact) mass is 249 g/mol. The maximum Gasteiger partial charge on any atom is 0.0537 e. The van der Waals surface area contributed by atoms with Gasteiger partial charge in [-0.15, -0.1) is 0 Å². The van der Waals surface area contributed by atoms with Gasteiger partial charge in [-0.3, -0.25) is 4.68 Å². The van der Waals surface area contributed by atoms with E-state index in [-0.39, 0.29) is 0 Å². The molecular weight excluding hydrogens is 222 g/mol. The highest BCUT2D eigenvalue weighted by atomic mass is 15.3. The van der Waals surface area contributed by atoms with Crippen LogP contribution in [0.2, 0.25) is 0 Å². The lowest BCUT2D eigenvalue weighted by Crippen LogP contribution is -2.31. The van der Waals surface area contributed by atoms with E-state index >= 15 is 0 Å². The first kappa shape index (κ1) is 13.6. The van der Waals surface area contributed by atoms with Gasteiger partial charge < -0.3 is 5.32 Å². The number of aromatic nitrogens is 2. The minimum absolute atomic E-state index is 0.445. The van der Waals surface area contributed by atoms with E-state index in [1.165, 1.54) is 24.8 Å². The average molecular weight is 249 g/mol. The fraction of sp³-hybridized carbons (Fsp3) is 0.800. The van der Waals surface area contributed by atoms with Crippen LogP contribution in [-0.2, 0) is 6.54 Å². The van der Waals surface area contributed by atoms with Crippen LogP contribution in [0, 0.1) is 11.3 Å². The Hall–Kier alpha value is -0.830. The molecule has 1 aromatic heterocycles. The Morgan fingerprint density at radius 1 is 1.56 bits per heavy atom. The van der Waals surface area contributed by atoms with Gasteiger partial charge in [0.1, 0.15) is 0 Å². The van der Waals surface area contributed by atoms with Gasteiger partial charge in [-0.1, -0.05) is 27.2 Å². The van der Waals surface area contributed by atoms with Crippen molar-refractivity contribution in [2.24, 2.45) is 11.3 Å². The van der Waals surface area contributed by atoms with Crippen LogP contribution in [0.5, 0.6) is 0 Å². The number of hydrogen-bond donors (Lipinski definition) is 1. The quantitative estimate of drug-likeness (QED) is 0.867. The summed E-state index contributed by atoms with van der Waals surface area (Å²) in [6.45, 7) is 8.03. The van der Waals surface area contributed by atoms with E-state index in [1.54, 1.807) is 0 Å². The molecule has 0 radical (unpaired) electrons.